The fourth-order valence-corrected chi connectivity index (χ4v) is 3.59. The normalized spacial score (nSPS) is 25.8. The maximum Gasteiger partial charge on any atom is 0.433 e. The molecule has 12 nitrogen and oxygen atoms in total. The number of hydrazone groups is 1. The summed E-state index contributed by atoms with van der Waals surface area (Å²) < 4.78 is 62.2. The molecule has 2 unspecified atom stereocenters. The zero-order valence-corrected chi connectivity index (χ0v) is 20.1. The zero-order valence-electron chi connectivity index (χ0n) is 20.1. The van der Waals surface area contributed by atoms with Gasteiger partial charge in [-0.05, 0) is 19.1 Å². The first kappa shape index (κ1) is 27.7. The quantitative estimate of drug-likeness (QED) is 0.298. The standard InChI is InChI=1S/C22H23F3N4O8/c1-10-5-7-14(8-6-10)26-27-16-19(22(23,24)25)28-29(20(16)33)21-18(36-13(4)32)17(35-12(3)31)15(37-21)9-34-11(2)30/h5-8,15-18,21H,9H2,1-4H3/t15-,16?,17-,18-,21?/m1/s1. The molecule has 2 aliphatic heterocycles. The molecule has 2 aliphatic rings. The van der Waals surface area contributed by atoms with E-state index in [-0.39, 0.29) is 5.69 Å². The van der Waals surface area contributed by atoms with E-state index >= 15 is 0 Å². The zero-order chi connectivity index (χ0) is 27.5. The van der Waals surface area contributed by atoms with E-state index in [4.69, 9.17) is 18.9 Å². The lowest BCUT2D eigenvalue weighted by Crippen LogP contribution is -2.47. The summed E-state index contributed by atoms with van der Waals surface area (Å²) in [6.45, 7) is 4.40. The van der Waals surface area contributed by atoms with Crippen molar-refractivity contribution in [1.29, 1.82) is 0 Å². The highest BCUT2D eigenvalue weighted by Crippen LogP contribution is 2.35. The molecule has 1 aromatic carbocycles. The lowest BCUT2D eigenvalue weighted by Gasteiger charge is -2.26. The van der Waals surface area contributed by atoms with E-state index in [9.17, 15) is 32.3 Å². The topological polar surface area (TPSA) is 146 Å². The van der Waals surface area contributed by atoms with Crippen molar-refractivity contribution in [3.05, 3.63) is 29.8 Å². The van der Waals surface area contributed by atoms with Crippen molar-refractivity contribution >= 4 is 35.2 Å². The van der Waals surface area contributed by atoms with E-state index in [0.717, 1.165) is 26.3 Å². The highest BCUT2D eigenvalue weighted by molar-refractivity contribution is 6.14. The Kier molecular flexibility index (Phi) is 8.25. The van der Waals surface area contributed by atoms with Crippen molar-refractivity contribution in [2.24, 2.45) is 15.3 Å². The number of benzene rings is 1. The predicted molar refractivity (Wildman–Crippen MR) is 116 cm³/mol. The van der Waals surface area contributed by atoms with Crippen LogP contribution in [0.25, 0.3) is 0 Å². The second-order valence-electron chi connectivity index (χ2n) is 8.14. The lowest BCUT2D eigenvalue weighted by atomic mass is 10.1. The molecule has 1 aromatic rings. The number of ether oxygens (including phenoxy) is 4. The molecule has 1 amide bonds. The van der Waals surface area contributed by atoms with Crippen molar-refractivity contribution in [3.8, 4) is 0 Å². The summed E-state index contributed by atoms with van der Waals surface area (Å²) in [5, 5.41) is 11.0. The van der Waals surface area contributed by atoms with Crippen molar-refractivity contribution in [3.63, 3.8) is 0 Å². The Bertz CT molecular complexity index is 1120. The first-order valence-corrected chi connectivity index (χ1v) is 10.9. The summed E-state index contributed by atoms with van der Waals surface area (Å²) in [6, 6.07) is 4.14. The highest BCUT2D eigenvalue weighted by Gasteiger charge is 2.58. The number of carbonyl (C=O) groups excluding carboxylic acids is 4. The number of aryl methyl sites for hydroxylation is 1. The van der Waals surface area contributed by atoms with E-state index in [0.29, 0.717) is 5.01 Å². The Balaban J connectivity index is 1.97. The molecule has 2 heterocycles. The van der Waals surface area contributed by atoms with Crippen LogP contribution < -0.4 is 0 Å². The summed E-state index contributed by atoms with van der Waals surface area (Å²) in [5.41, 5.74) is -0.504. The number of hydrogen-bond acceptors (Lipinski definition) is 11. The van der Waals surface area contributed by atoms with Gasteiger partial charge in [0.1, 0.15) is 12.7 Å². The number of nitrogens with zero attached hydrogens (tertiary/aromatic N) is 4. The second kappa shape index (κ2) is 11.0. The van der Waals surface area contributed by atoms with Crippen LogP contribution in [-0.4, -0.2) is 77.9 Å². The molecule has 15 heteroatoms. The fraction of sp³-hybridized carbons (Fsp3) is 0.500. The molecule has 200 valence electrons. The van der Waals surface area contributed by atoms with Gasteiger partial charge in [0.05, 0.1) is 5.69 Å². The first-order valence-electron chi connectivity index (χ1n) is 10.9. The second-order valence-corrected chi connectivity index (χ2v) is 8.14. The van der Waals surface area contributed by atoms with E-state index in [1.165, 1.54) is 12.1 Å². The number of rotatable bonds is 7. The van der Waals surface area contributed by atoms with Gasteiger partial charge in [0, 0.05) is 20.8 Å². The Morgan fingerprint density at radius 3 is 2.16 bits per heavy atom. The van der Waals surface area contributed by atoms with Gasteiger partial charge in [-0.3, -0.25) is 19.2 Å². The Hall–Kier alpha value is -3.88. The van der Waals surface area contributed by atoms with Crippen LogP contribution in [0.2, 0.25) is 0 Å². The summed E-state index contributed by atoms with van der Waals surface area (Å²) in [7, 11) is 0. The molecule has 37 heavy (non-hydrogen) atoms. The van der Waals surface area contributed by atoms with Crippen LogP contribution in [0, 0.1) is 6.92 Å². The fourth-order valence-electron chi connectivity index (χ4n) is 3.59. The average molecular weight is 528 g/mol. The van der Waals surface area contributed by atoms with Crippen LogP contribution in [0.15, 0.2) is 39.6 Å². The minimum absolute atomic E-state index is 0.199. The molecule has 0 radical (unpaired) electrons. The number of hydrogen-bond donors (Lipinski definition) is 0. The molecular weight excluding hydrogens is 505 g/mol. The Morgan fingerprint density at radius 1 is 1.03 bits per heavy atom. The van der Waals surface area contributed by atoms with E-state index in [1.54, 1.807) is 19.1 Å². The molecule has 0 saturated carbocycles. The van der Waals surface area contributed by atoms with Gasteiger partial charge in [0.2, 0.25) is 6.04 Å². The van der Waals surface area contributed by atoms with Crippen molar-refractivity contribution < 1.29 is 51.3 Å². The summed E-state index contributed by atoms with van der Waals surface area (Å²) in [5.74, 6) is -3.77. The third-order valence-electron chi connectivity index (χ3n) is 5.13. The molecule has 0 spiro atoms. The van der Waals surface area contributed by atoms with Crippen LogP contribution >= 0.6 is 0 Å². The highest BCUT2D eigenvalue weighted by atomic mass is 19.4. The molecule has 3 rings (SSSR count). The van der Waals surface area contributed by atoms with Gasteiger partial charge < -0.3 is 18.9 Å². The van der Waals surface area contributed by atoms with Gasteiger partial charge >= 0.3 is 24.1 Å². The number of azo groups is 1. The lowest BCUT2D eigenvalue weighted by molar-refractivity contribution is -0.170. The molecule has 1 fully saturated rings. The minimum Gasteiger partial charge on any atom is -0.463 e. The van der Waals surface area contributed by atoms with Crippen LogP contribution in [-0.2, 0) is 38.1 Å². The SMILES string of the molecule is CC(=O)OC[C@H]1OC(N2N=C(C(F)(F)F)C(N=Nc3ccc(C)cc3)C2=O)[C@H](OC(C)=O)[C@@H]1OC(C)=O. The largest absolute Gasteiger partial charge is 0.463 e. The van der Waals surface area contributed by atoms with Gasteiger partial charge in [-0.15, -0.1) is 0 Å². The molecule has 0 aromatic heterocycles. The van der Waals surface area contributed by atoms with Crippen molar-refractivity contribution in [2.75, 3.05) is 6.61 Å². The monoisotopic (exact) mass is 528 g/mol. The third-order valence-corrected chi connectivity index (χ3v) is 5.13. The molecular formula is C22H23F3N4O8. The third kappa shape index (κ3) is 6.67. The van der Waals surface area contributed by atoms with Crippen molar-refractivity contribution in [2.45, 2.75) is 64.5 Å². The minimum atomic E-state index is -5.08. The molecule has 0 aliphatic carbocycles. The van der Waals surface area contributed by atoms with Gasteiger partial charge in [-0.1, -0.05) is 17.7 Å². The van der Waals surface area contributed by atoms with E-state index in [2.05, 4.69) is 15.3 Å². The van der Waals surface area contributed by atoms with E-state index in [1.807, 2.05) is 0 Å². The van der Waals surface area contributed by atoms with Crippen LogP contribution in [0.1, 0.15) is 26.3 Å². The maximum absolute atomic E-state index is 13.8. The predicted octanol–water partition coefficient (Wildman–Crippen LogP) is 2.36. The van der Waals surface area contributed by atoms with Crippen LogP contribution in [0.5, 0.6) is 0 Å². The van der Waals surface area contributed by atoms with Crippen LogP contribution in [0.4, 0.5) is 18.9 Å². The summed E-state index contributed by atoms with van der Waals surface area (Å²) in [4.78, 5) is 47.8. The average Bonchev–Trinajstić information content (AvgIpc) is 3.28. The van der Waals surface area contributed by atoms with Crippen LogP contribution in [0.3, 0.4) is 0 Å². The summed E-state index contributed by atoms with van der Waals surface area (Å²) in [6.07, 6.45) is -11.2. The van der Waals surface area contributed by atoms with Crippen molar-refractivity contribution in [1.82, 2.24) is 5.01 Å². The van der Waals surface area contributed by atoms with Gasteiger partial charge in [0.25, 0.3) is 5.91 Å². The number of halogens is 3. The summed E-state index contributed by atoms with van der Waals surface area (Å²) >= 11 is 0. The number of alkyl halides is 3. The number of esters is 3. The molecule has 1 saturated heterocycles. The Labute approximate surface area is 208 Å². The maximum atomic E-state index is 13.8. The first-order chi connectivity index (χ1) is 17.3. The Morgan fingerprint density at radius 2 is 1.62 bits per heavy atom. The van der Waals surface area contributed by atoms with Gasteiger partial charge in [-0.25, -0.2) is 0 Å². The van der Waals surface area contributed by atoms with E-state index < -0.39 is 72.9 Å². The number of amides is 1. The van der Waals surface area contributed by atoms with Gasteiger partial charge in [-0.2, -0.15) is 33.5 Å². The smallest absolute Gasteiger partial charge is 0.433 e. The molecule has 5 atom stereocenters. The number of carbonyl (C=O) groups is 4. The molecule has 0 bridgehead atoms. The van der Waals surface area contributed by atoms with Gasteiger partial charge in [0.15, 0.2) is 24.1 Å². The molecule has 0 N–H and O–H groups in total.